The molecule has 0 N–H and O–H groups in total. The molecule has 0 aromatic heterocycles. The second-order valence-electron chi connectivity index (χ2n) is 7.77. The summed E-state index contributed by atoms with van der Waals surface area (Å²) in [5, 5.41) is 0. The van der Waals surface area contributed by atoms with Crippen LogP contribution in [0.25, 0.3) is 0 Å². The molecule has 0 bridgehead atoms. The van der Waals surface area contributed by atoms with Gasteiger partial charge in [0, 0.05) is 5.41 Å². The lowest BCUT2D eigenvalue weighted by Crippen LogP contribution is -2.41. The van der Waals surface area contributed by atoms with Crippen LogP contribution in [0.4, 0.5) is 0 Å². The zero-order valence-corrected chi connectivity index (χ0v) is 12.6. The van der Waals surface area contributed by atoms with Crippen LogP contribution in [0, 0.1) is 22.7 Å². The molecule has 0 aromatic carbocycles. The molecule has 1 nitrogen and oxygen atoms in total. The fourth-order valence-electron chi connectivity index (χ4n) is 5.52. The monoisotopic (exact) mass is 268 g/mol. The third kappa shape index (κ3) is 1.52. The molecule has 2 fully saturated rings. The van der Waals surface area contributed by atoms with Crippen molar-refractivity contribution in [3.8, 4) is 0 Å². The van der Waals surface area contributed by atoms with Crippen molar-refractivity contribution >= 4 is 5.78 Å². The predicted octanol–water partition coefficient (Wildman–Crippen LogP) is 4.60. The maximum atomic E-state index is 11.7. The lowest BCUT2D eigenvalue weighted by molar-refractivity contribution is -0.110. The third-order valence-electron chi connectivity index (χ3n) is 6.72. The van der Waals surface area contributed by atoms with Gasteiger partial charge in [-0.3, -0.25) is 4.79 Å². The summed E-state index contributed by atoms with van der Waals surface area (Å²) >= 11 is 0. The van der Waals surface area contributed by atoms with E-state index in [1.807, 2.05) is 6.08 Å². The van der Waals surface area contributed by atoms with Crippen molar-refractivity contribution in [3.63, 3.8) is 0 Å². The minimum Gasteiger partial charge on any atom is -0.290 e. The highest BCUT2D eigenvalue weighted by Gasteiger charge is 2.51. The summed E-state index contributed by atoms with van der Waals surface area (Å²) in [4.78, 5) is 11.7. The van der Waals surface area contributed by atoms with E-state index in [4.69, 9.17) is 0 Å². The van der Waals surface area contributed by atoms with E-state index in [0.29, 0.717) is 5.41 Å². The van der Waals surface area contributed by atoms with E-state index < -0.39 is 0 Å². The van der Waals surface area contributed by atoms with E-state index >= 15 is 0 Å². The number of allylic oxidation sites excluding steroid dienone is 6. The van der Waals surface area contributed by atoms with Crippen LogP contribution >= 0.6 is 0 Å². The zero-order chi connectivity index (χ0) is 14.0. The van der Waals surface area contributed by atoms with Crippen molar-refractivity contribution in [1.82, 2.24) is 0 Å². The first-order valence-corrected chi connectivity index (χ1v) is 8.18. The van der Waals surface area contributed by atoms with Crippen LogP contribution in [0.1, 0.15) is 52.4 Å². The van der Waals surface area contributed by atoms with E-state index in [0.717, 1.165) is 18.3 Å². The summed E-state index contributed by atoms with van der Waals surface area (Å²) in [6.07, 6.45) is 16.3. The molecule has 0 aliphatic heterocycles. The quantitative estimate of drug-likeness (QED) is 0.587. The Balaban J connectivity index is 1.79. The van der Waals surface area contributed by atoms with E-state index in [9.17, 15) is 4.79 Å². The van der Waals surface area contributed by atoms with Gasteiger partial charge < -0.3 is 0 Å². The van der Waals surface area contributed by atoms with Crippen LogP contribution in [0.5, 0.6) is 0 Å². The van der Waals surface area contributed by atoms with Crippen molar-refractivity contribution in [2.24, 2.45) is 22.7 Å². The molecule has 4 aliphatic rings. The predicted molar refractivity (Wildman–Crippen MR) is 81.2 cm³/mol. The Bertz CT molecular complexity index is 564. The fraction of sp³-hybridized carbons (Fsp3) is 0.632. The molecule has 106 valence electrons. The molecular weight excluding hydrogens is 244 g/mol. The Morgan fingerprint density at radius 1 is 1.25 bits per heavy atom. The maximum absolute atomic E-state index is 11.7. The van der Waals surface area contributed by atoms with Gasteiger partial charge in [-0.1, -0.05) is 36.6 Å². The number of rotatable bonds is 0. The molecule has 0 unspecified atom stereocenters. The van der Waals surface area contributed by atoms with Gasteiger partial charge in [-0.05, 0) is 68.4 Å². The first-order valence-electron chi connectivity index (χ1n) is 8.18. The summed E-state index contributed by atoms with van der Waals surface area (Å²) in [5.74, 6) is 1.82. The minimum atomic E-state index is 0.0424. The highest BCUT2D eigenvalue weighted by molar-refractivity contribution is 6.01. The van der Waals surface area contributed by atoms with E-state index in [2.05, 4.69) is 26.0 Å². The van der Waals surface area contributed by atoms with Gasteiger partial charge in [0.15, 0.2) is 5.78 Å². The SMILES string of the molecule is C[C@]12C=CC(=O)C=C1CC[C@@H]1C2=CC[C@]2(C)CCC[C@@H]12. The van der Waals surface area contributed by atoms with Gasteiger partial charge in [-0.15, -0.1) is 0 Å². The Labute approximate surface area is 121 Å². The maximum Gasteiger partial charge on any atom is 0.178 e. The number of fused-ring (bicyclic) bond motifs is 5. The summed E-state index contributed by atoms with van der Waals surface area (Å²) in [6, 6.07) is 0. The standard InChI is InChI=1S/C19H24O/c1-18-9-3-4-16(18)15-6-5-13-12-14(20)7-11-19(13,2)17(15)8-10-18/h7-8,11-12,15-16H,3-6,9-10H2,1-2H3/t15-,16-,18-,19-/m0/s1. The van der Waals surface area contributed by atoms with E-state index in [1.165, 1.54) is 37.7 Å². The number of carbonyl (C=O) groups excluding carboxylic acids is 1. The van der Waals surface area contributed by atoms with Gasteiger partial charge >= 0.3 is 0 Å². The molecule has 1 heteroatoms. The van der Waals surface area contributed by atoms with Crippen molar-refractivity contribution in [1.29, 1.82) is 0 Å². The number of hydrogen-bond donors (Lipinski definition) is 0. The fourth-order valence-corrected chi connectivity index (χ4v) is 5.52. The minimum absolute atomic E-state index is 0.0424. The largest absolute Gasteiger partial charge is 0.290 e. The molecule has 4 rings (SSSR count). The molecule has 2 saturated carbocycles. The summed E-state index contributed by atoms with van der Waals surface area (Å²) in [5.41, 5.74) is 3.58. The van der Waals surface area contributed by atoms with Crippen LogP contribution in [0.3, 0.4) is 0 Å². The molecule has 0 spiro atoms. The van der Waals surface area contributed by atoms with Gasteiger partial charge in [-0.2, -0.15) is 0 Å². The van der Waals surface area contributed by atoms with Crippen LogP contribution in [-0.2, 0) is 4.79 Å². The molecule has 0 amide bonds. The highest BCUT2D eigenvalue weighted by atomic mass is 16.1. The molecule has 4 atom stereocenters. The van der Waals surface area contributed by atoms with E-state index in [1.54, 1.807) is 11.6 Å². The van der Waals surface area contributed by atoms with Crippen molar-refractivity contribution in [2.45, 2.75) is 52.4 Å². The van der Waals surface area contributed by atoms with Crippen LogP contribution < -0.4 is 0 Å². The van der Waals surface area contributed by atoms with Gasteiger partial charge in [0.1, 0.15) is 0 Å². The van der Waals surface area contributed by atoms with Gasteiger partial charge in [0.05, 0.1) is 0 Å². The van der Waals surface area contributed by atoms with Gasteiger partial charge in [0.2, 0.25) is 0 Å². The lowest BCUT2D eigenvalue weighted by atomic mass is 9.53. The van der Waals surface area contributed by atoms with Crippen molar-refractivity contribution in [3.05, 3.63) is 35.5 Å². The molecular formula is C19H24O. The molecule has 0 radical (unpaired) electrons. The first-order chi connectivity index (χ1) is 9.53. The molecule has 0 saturated heterocycles. The normalized spacial score (nSPS) is 46.2. The molecule has 4 aliphatic carbocycles. The molecule has 20 heavy (non-hydrogen) atoms. The zero-order valence-electron chi connectivity index (χ0n) is 12.6. The topological polar surface area (TPSA) is 17.1 Å². The average Bonchev–Trinajstić information content (AvgIpc) is 2.81. The first kappa shape index (κ1) is 12.6. The lowest BCUT2D eigenvalue weighted by Gasteiger charge is -2.51. The van der Waals surface area contributed by atoms with Gasteiger partial charge in [-0.25, -0.2) is 0 Å². The molecule has 0 aromatic rings. The second-order valence-corrected chi connectivity index (χ2v) is 7.77. The van der Waals surface area contributed by atoms with E-state index in [-0.39, 0.29) is 11.2 Å². The van der Waals surface area contributed by atoms with Crippen molar-refractivity contribution < 1.29 is 4.79 Å². The average molecular weight is 268 g/mol. The highest BCUT2D eigenvalue weighted by Crippen LogP contribution is 2.62. The van der Waals surface area contributed by atoms with Crippen LogP contribution in [-0.4, -0.2) is 5.78 Å². The number of ketones is 1. The Morgan fingerprint density at radius 3 is 2.95 bits per heavy atom. The Morgan fingerprint density at radius 2 is 2.10 bits per heavy atom. The molecule has 0 heterocycles. The number of hydrogen-bond acceptors (Lipinski definition) is 1. The summed E-state index contributed by atoms with van der Waals surface area (Å²) in [7, 11) is 0. The Hall–Kier alpha value is -1.11. The van der Waals surface area contributed by atoms with Crippen molar-refractivity contribution in [2.75, 3.05) is 0 Å². The van der Waals surface area contributed by atoms with Crippen LogP contribution in [0.15, 0.2) is 35.5 Å². The summed E-state index contributed by atoms with van der Waals surface area (Å²) < 4.78 is 0. The van der Waals surface area contributed by atoms with Gasteiger partial charge in [0.25, 0.3) is 0 Å². The van der Waals surface area contributed by atoms with Crippen LogP contribution in [0.2, 0.25) is 0 Å². The number of carbonyl (C=O) groups is 1. The summed E-state index contributed by atoms with van der Waals surface area (Å²) in [6.45, 7) is 4.84. The second kappa shape index (κ2) is 3.96. The Kier molecular flexibility index (Phi) is 2.50. The smallest absolute Gasteiger partial charge is 0.178 e. The third-order valence-corrected chi connectivity index (χ3v) is 6.72.